The SMILES string of the molecule is CCc1nnc2sc(-c3ccc4ccccc4c3)nn12. The van der Waals surface area contributed by atoms with Crippen molar-refractivity contribution in [2.24, 2.45) is 0 Å². The molecule has 2 heterocycles. The van der Waals surface area contributed by atoms with Crippen LogP contribution < -0.4 is 0 Å². The number of nitrogens with zero attached hydrogens (tertiary/aromatic N) is 4. The van der Waals surface area contributed by atoms with Crippen LogP contribution in [-0.4, -0.2) is 19.8 Å². The number of aryl methyl sites for hydroxylation is 1. The molecule has 2 aromatic heterocycles. The molecule has 0 aliphatic heterocycles. The highest BCUT2D eigenvalue weighted by Crippen LogP contribution is 2.28. The smallest absolute Gasteiger partial charge is 0.187 e. The molecule has 0 bridgehead atoms. The predicted molar refractivity (Wildman–Crippen MR) is 81.0 cm³/mol. The zero-order chi connectivity index (χ0) is 13.5. The Bertz CT molecular complexity index is 906. The largest absolute Gasteiger partial charge is 0.234 e. The van der Waals surface area contributed by atoms with Crippen LogP contribution in [0.15, 0.2) is 42.5 Å². The maximum atomic E-state index is 4.63. The summed E-state index contributed by atoms with van der Waals surface area (Å²) in [6, 6.07) is 14.8. The van der Waals surface area contributed by atoms with Crippen LogP contribution >= 0.6 is 11.3 Å². The van der Waals surface area contributed by atoms with Gasteiger partial charge >= 0.3 is 0 Å². The van der Waals surface area contributed by atoms with Crippen LogP contribution in [-0.2, 0) is 6.42 Å². The average molecular weight is 280 g/mol. The monoisotopic (exact) mass is 280 g/mol. The van der Waals surface area contributed by atoms with Crippen LogP contribution in [0.4, 0.5) is 0 Å². The van der Waals surface area contributed by atoms with E-state index in [9.17, 15) is 0 Å². The summed E-state index contributed by atoms with van der Waals surface area (Å²) in [5.74, 6) is 0.906. The first-order valence-corrected chi connectivity index (χ1v) is 7.37. The second kappa shape index (κ2) is 4.38. The molecule has 4 aromatic rings. The molecule has 0 unspecified atom stereocenters. The summed E-state index contributed by atoms with van der Waals surface area (Å²) >= 11 is 1.57. The maximum absolute atomic E-state index is 4.63. The topological polar surface area (TPSA) is 43.1 Å². The molecule has 0 saturated heterocycles. The number of hydrogen-bond donors (Lipinski definition) is 0. The minimum atomic E-state index is 0.835. The molecule has 4 nitrogen and oxygen atoms in total. The van der Waals surface area contributed by atoms with E-state index >= 15 is 0 Å². The molecule has 98 valence electrons. The Morgan fingerprint density at radius 1 is 1.05 bits per heavy atom. The third-order valence-corrected chi connectivity index (χ3v) is 4.32. The van der Waals surface area contributed by atoms with Crippen LogP contribution in [0.25, 0.3) is 26.3 Å². The molecular formula is C15H12N4S. The first-order chi connectivity index (χ1) is 9.85. The number of hydrogen-bond acceptors (Lipinski definition) is 4. The molecule has 0 atom stereocenters. The van der Waals surface area contributed by atoms with Crippen molar-refractivity contribution in [3.8, 4) is 10.6 Å². The molecule has 20 heavy (non-hydrogen) atoms. The number of benzene rings is 2. The maximum Gasteiger partial charge on any atom is 0.234 e. The zero-order valence-corrected chi connectivity index (χ0v) is 11.8. The lowest BCUT2D eigenvalue weighted by Crippen LogP contribution is -1.93. The standard InChI is InChI=1S/C15H12N4S/c1-2-13-16-17-15-19(13)18-14(20-15)12-8-7-10-5-3-4-6-11(10)9-12/h3-9H,2H2,1H3. The van der Waals surface area contributed by atoms with E-state index in [0.717, 1.165) is 27.8 Å². The fourth-order valence-electron chi connectivity index (χ4n) is 2.32. The van der Waals surface area contributed by atoms with Gasteiger partial charge in [-0.3, -0.25) is 0 Å². The summed E-state index contributed by atoms with van der Waals surface area (Å²) in [6.07, 6.45) is 0.835. The third kappa shape index (κ3) is 1.71. The number of fused-ring (bicyclic) bond motifs is 2. The van der Waals surface area contributed by atoms with Crippen LogP contribution in [0, 0.1) is 0 Å². The summed E-state index contributed by atoms with van der Waals surface area (Å²) in [5, 5.41) is 16.4. The molecule has 0 spiro atoms. The molecule has 0 N–H and O–H groups in total. The molecule has 2 aromatic carbocycles. The van der Waals surface area contributed by atoms with Gasteiger partial charge < -0.3 is 0 Å². The van der Waals surface area contributed by atoms with E-state index < -0.39 is 0 Å². The van der Waals surface area contributed by atoms with Gasteiger partial charge in [-0.15, -0.1) is 10.2 Å². The summed E-state index contributed by atoms with van der Waals surface area (Å²) in [6.45, 7) is 2.06. The van der Waals surface area contributed by atoms with Crippen LogP contribution in [0.1, 0.15) is 12.7 Å². The van der Waals surface area contributed by atoms with Crippen LogP contribution in [0.3, 0.4) is 0 Å². The molecule has 0 radical (unpaired) electrons. The molecule has 0 amide bonds. The summed E-state index contributed by atoms with van der Waals surface area (Å²) in [7, 11) is 0. The Morgan fingerprint density at radius 3 is 2.75 bits per heavy atom. The fraction of sp³-hybridized carbons (Fsp3) is 0.133. The Kier molecular flexibility index (Phi) is 2.53. The van der Waals surface area contributed by atoms with Crippen molar-refractivity contribution in [3.63, 3.8) is 0 Å². The van der Waals surface area contributed by atoms with E-state index in [-0.39, 0.29) is 0 Å². The molecular weight excluding hydrogens is 268 g/mol. The normalized spacial score (nSPS) is 11.4. The van der Waals surface area contributed by atoms with Gasteiger partial charge in [0.05, 0.1) is 0 Å². The zero-order valence-electron chi connectivity index (χ0n) is 10.9. The van der Waals surface area contributed by atoms with Crippen molar-refractivity contribution in [2.75, 3.05) is 0 Å². The lowest BCUT2D eigenvalue weighted by atomic mass is 10.1. The van der Waals surface area contributed by atoms with Crippen molar-refractivity contribution in [3.05, 3.63) is 48.3 Å². The molecule has 0 aliphatic rings. The van der Waals surface area contributed by atoms with Gasteiger partial charge in [0.2, 0.25) is 4.96 Å². The number of rotatable bonds is 2. The highest BCUT2D eigenvalue weighted by Gasteiger charge is 2.11. The first kappa shape index (κ1) is 11.5. The average Bonchev–Trinajstić information content (AvgIpc) is 3.06. The van der Waals surface area contributed by atoms with Crippen molar-refractivity contribution < 1.29 is 0 Å². The molecule has 0 saturated carbocycles. The van der Waals surface area contributed by atoms with Crippen molar-refractivity contribution in [1.29, 1.82) is 0 Å². The second-order valence-corrected chi connectivity index (χ2v) is 5.59. The quantitative estimate of drug-likeness (QED) is 0.564. The van der Waals surface area contributed by atoms with E-state index in [4.69, 9.17) is 0 Å². The third-order valence-electron chi connectivity index (χ3n) is 3.37. The molecule has 0 aliphatic carbocycles. The molecule has 0 fully saturated rings. The Hall–Kier alpha value is -2.27. The molecule has 4 rings (SSSR count). The Morgan fingerprint density at radius 2 is 1.90 bits per heavy atom. The Labute approximate surface area is 119 Å². The van der Waals surface area contributed by atoms with Crippen molar-refractivity contribution in [2.45, 2.75) is 13.3 Å². The second-order valence-electron chi connectivity index (χ2n) is 4.63. The minimum absolute atomic E-state index is 0.835. The van der Waals surface area contributed by atoms with E-state index in [1.54, 1.807) is 11.3 Å². The van der Waals surface area contributed by atoms with Gasteiger partial charge in [-0.25, -0.2) is 0 Å². The van der Waals surface area contributed by atoms with Gasteiger partial charge in [-0.1, -0.05) is 54.7 Å². The minimum Gasteiger partial charge on any atom is -0.187 e. The highest BCUT2D eigenvalue weighted by molar-refractivity contribution is 7.19. The number of aromatic nitrogens is 4. The Balaban J connectivity index is 1.89. The first-order valence-electron chi connectivity index (χ1n) is 6.55. The van der Waals surface area contributed by atoms with E-state index in [0.29, 0.717) is 0 Å². The predicted octanol–water partition coefficient (Wildman–Crippen LogP) is 3.57. The van der Waals surface area contributed by atoms with Gasteiger partial charge in [0.15, 0.2) is 5.82 Å². The van der Waals surface area contributed by atoms with Gasteiger partial charge in [0.1, 0.15) is 5.01 Å². The van der Waals surface area contributed by atoms with Crippen LogP contribution in [0.5, 0.6) is 0 Å². The van der Waals surface area contributed by atoms with Gasteiger partial charge in [-0.2, -0.15) is 9.61 Å². The lowest BCUT2D eigenvalue weighted by Gasteiger charge is -2.00. The lowest BCUT2D eigenvalue weighted by molar-refractivity contribution is 0.838. The van der Waals surface area contributed by atoms with Crippen LogP contribution in [0.2, 0.25) is 0 Å². The summed E-state index contributed by atoms with van der Waals surface area (Å²) in [4.78, 5) is 0.852. The van der Waals surface area contributed by atoms with Gasteiger partial charge in [0, 0.05) is 12.0 Å². The van der Waals surface area contributed by atoms with Gasteiger partial charge in [-0.05, 0) is 16.8 Å². The van der Waals surface area contributed by atoms with Gasteiger partial charge in [0.25, 0.3) is 0 Å². The summed E-state index contributed by atoms with van der Waals surface area (Å²) < 4.78 is 1.84. The van der Waals surface area contributed by atoms with E-state index in [1.807, 2.05) is 4.52 Å². The van der Waals surface area contributed by atoms with E-state index in [1.165, 1.54) is 10.8 Å². The van der Waals surface area contributed by atoms with Crippen molar-refractivity contribution >= 4 is 27.1 Å². The molecule has 5 heteroatoms. The van der Waals surface area contributed by atoms with E-state index in [2.05, 4.69) is 64.7 Å². The van der Waals surface area contributed by atoms with Crippen molar-refractivity contribution in [1.82, 2.24) is 19.8 Å². The highest BCUT2D eigenvalue weighted by atomic mass is 32.1. The summed E-state index contributed by atoms with van der Waals surface area (Å²) in [5.41, 5.74) is 1.13. The fourth-order valence-corrected chi connectivity index (χ4v) is 3.17.